The molecular formula is C14H17Br2NO. The summed E-state index contributed by atoms with van der Waals surface area (Å²) in [7, 11) is 0. The summed E-state index contributed by atoms with van der Waals surface area (Å²) in [6, 6.07) is 4.44. The number of terminal acetylenes is 1. The zero-order valence-corrected chi connectivity index (χ0v) is 13.8. The largest absolute Gasteiger partial charge is 0.492 e. The number of hydrogen-bond donors (Lipinski definition) is 1. The van der Waals surface area contributed by atoms with Crippen LogP contribution in [0.1, 0.15) is 25.8 Å². The fourth-order valence-electron chi connectivity index (χ4n) is 1.54. The van der Waals surface area contributed by atoms with Crippen molar-refractivity contribution in [3.8, 4) is 18.1 Å². The average Bonchev–Trinajstić information content (AvgIpc) is 2.32. The van der Waals surface area contributed by atoms with Crippen LogP contribution in [0.2, 0.25) is 0 Å². The lowest BCUT2D eigenvalue weighted by Gasteiger charge is -2.13. The fourth-order valence-corrected chi connectivity index (χ4v) is 3.05. The van der Waals surface area contributed by atoms with Crippen molar-refractivity contribution in [1.82, 2.24) is 5.32 Å². The van der Waals surface area contributed by atoms with Crippen LogP contribution in [0.25, 0.3) is 0 Å². The van der Waals surface area contributed by atoms with Gasteiger partial charge in [0, 0.05) is 19.0 Å². The summed E-state index contributed by atoms with van der Waals surface area (Å²) < 4.78 is 7.46. The van der Waals surface area contributed by atoms with Gasteiger partial charge in [0.2, 0.25) is 0 Å². The second kappa shape index (κ2) is 7.83. The molecule has 0 amide bonds. The Kier molecular flexibility index (Phi) is 6.77. The van der Waals surface area contributed by atoms with Crippen molar-refractivity contribution >= 4 is 31.9 Å². The van der Waals surface area contributed by atoms with Gasteiger partial charge >= 0.3 is 0 Å². The predicted molar refractivity (Wildman–Crippen MR) is 82.8 cm³/mol. The highest BCUT2D eigenvalue weighted by atomic mass is 79.9. The first-order valence-corrected chi connectivity index (χ1v) is 7.44. The molecule has 0 bridgehead atoms. The molecule has 0 spiro atoms. The van der Waals surface area contributed by atoms with E-state index in [2.05, 4.69) is 62.2 Å². The van der Waals surface area contributed by atoms with E-state index in [1.807, 2.05) is 6.92 Å². The van der Waals surface area contributed by atoms with E-state index in [1.165, 1.54) is 5.56 Å². The molecule has 0 aromatic heterocycles. The number of halogens is 2. The summed E-state index contributed by atoms with van der Waals surface area (Å²) in [5.74, 6) is 3.50. The maximum atomic E-state index is 5.55. The molecule has 0 saturated heterocycles. The van der Waals surface area contributed by atoms with Gasteiger partial charge in [0.15, 0.2) is 0 Å². The van der Waals surface area contributed by atoms with Crippen molar-refractivity contribution < 1.29 is 4.74 Å². The molecule has 1 aromatic rings. The molecule has 1 N–H and O–H groups in total. The SMILES string of the molecule is C#CCC(C)NCc1cc(Br)c(OCC)c(Br)c1. The van der Waals surface area contributed by atoms with Crippen molar-refractivity contribution in [2.24, 2.45) is 0 Å². The quantitative estimate of drug-likeness (QED) is 0.756. The van der Waals surface area contributed by atoms with E-state index < -0.39 is 0 Å². The van der Waals surface area contributed by atoms with Gasteiger partial charge in [-0.05, 0) is 63.4 Å². The molecule has 1 unspecified atom stereocenters. The maximum Gasteiger partial charge on any atom is 0.147 e. The maximum absolute atomic E-state index is 5.55. The first kappa shape index (κ1) is 15.6. The Hall–Kier alpha value is -0.500. The summed E-state index contributed by atoms with van der Waals surface area (Å²) in [6.07, 6.45) is 6.01. The molecule has 0 aliphatic heterocycles. The van der Waals surface area contributed by atoms with Crippen LogP contribution in [0.15, 0.2) is 21.1 Å². The highest BCUT2D eigenvalue weighted by Crippen LogP contribution is 2.34. The average molecular weight is 375 g/mol. The third-order valence-electron chi connectivity index (χ3n) is 2.43. The minimum atomic E-state index is 0.319. The summed E-state index contributed by atoms with van der Waals surface area (Å²) in [4.78, 5) is 0. The molecule has 0 radical (unpaired) electrons. The van der Waals surface area contributed by atoms with Crippen LogP contribution in [-0.4, -0.2) is 12.6 Å². The van der Waals surface area contributed by atoms with Crippen LogP contribution in [0.3, 0.4) is 0 Å². The zero-order chi connectivity index (χ0) is 13.5. The number of hydrogen-bond acceptors (Lipinski definition) is 2. The number of nitrogens with one attached hydrogen (secondary N) is 1. The molecule has 0 saturated carbocycles. The minimum absolute atomic E-state index is 0.319. The number of benzene rings is 1. The Labute approximate surface area is 126 Å². The van der Waals surface area contributed by atoms with Crippen molar-refractivity contribution in [2.75, 3.05) is 6.61 Å². The van der Waals surface area contributed by atoms with Gasteiger partial charge in [0.05, 0.1) is 15.6 Å². The second-order valence-corrected chi connectivity index (χ2v) is 5.72. The molecule has 1 atom stereocenters. The van der Waals surface area contributed by atoms with E-state index in [1.54, 1.807) is 0 Å². The van der Waals surface area contributed by atoms with Gasteiger partial charge in [-0.3, -0.25) is 0 Å². The van der Waals surface area contributed by atoms with Crippen LogP contribution >= 0.6 is 31.9 Å². The predicted octanol–water partition coefficient (Wildman–Crippen LogP) is 4.11. The number of ether oxygens (including phenoxy) is 1. The normalized spacial score (nSPS) is 11.9. The summed E-state index contributed by atoms with van der Waals surface area (Å²) in [5, 5.41) is 3.38. The monoisotopic (exact) mass is 373 g/mol. The van der Waals surface area contributed by atoms with E-state index in [9.17, 15) is 0 Å². The molecule has 0 fully saturated rings. The topological polar surface area (TPSA) is 21.3 Å². The molecule has 2 nitrogen and oxygen atoms in total. The minimum Gasteiger partial charge on any atom is -0.492 e. The molecular weight excluding hydrogens is 358 g/mol. The Bertz CT molecular complexity index is 417. The number of rotatable bonds is 6. The molecule has 0 aliphatic carbocycles. The summed E-state index contributed by atoms with van der Waals surface area (Å²) in [5.41, 5.74) is 1.18. The van der Waals surface area contributed by atoms with Crippen LogP contribution in [-0.2, 0) is 6.54 Å². The van der Waals surface area contributed by atoms with E-state index in [0.29, 0.717) is 12.6 Å². The first-order chi connectivity index (χ1) is 8.58. The van der Waals surface area contributed by atoms with Crippen LogP contribution in [0.5, 0.6) is 5.75 Å². The van der Waals surface area contributed by atoms with E-state index >= 15 is 0 Å². The highest BCUT2D eigenvalue weighted by Gasteiger charge is 2.09. The molecule has 98 valence electrons. The summed E-state index contributed by atoms with van der Waals surface area (Å²) >= 11 is 7.04. The lowest BCUT2D eigenvalue weighted by molar-refractivity contribution is 0.336. The van der Waals surface area contributed by atoms with Crippen molar-refractivity contribution in [3.05, 3.63) is 26.6 Å². The van der Waals surface area contributed by atoms with Gasteiger partial charge < -0.3 is 10.1 Å². The van der Waals surface area contributed by atoms with E-state index in [0.717, 1.165) is 27.7 Å². The summed E-state index contributed by atoms with van der Waals surface area (Å²) in [6.45, 7) is 5.48. The molecule has 0 heterocycles. The van der Waals surface area contributed by atoms with Crippen LogP contribution < -0.4 is 10.1 Å². The second-order valence-electron chi connectivity index (χ2n) is 4.01. The molecule has 1 rings (SSSR count). The Morgan fingerprint density at radius 1 is 1.39 bits per heavy atom. The van der Waals surface area contributed by atoms with Gasteiger partial charge in [0.1, 0.15) is 5.75 Å². The Balaban J connectivity index is 2.71. The van der Waals surface area contributed by atoms with Crippen LogP contribution in [0.4, 0.5) is 0 Å². The first-order valence-electron chi connectivity index (χ1n) is 5.86. The van der Waals surface area contributed by atoms with E-state index in [4.69, 9.17) is 11.2 Å². The molecule has 18 heavy (non-hydrogen) atoms. The standard InChI is InChI=1S/C14H17Br2NO/c1-4-6-10(3)17-9-11-7-12(15)14(18-5-2)13(16)8-11/h1,7-8,10,17H,5-6,9H2,2-3H3. The lowest BCUT2D eigenvalue weighted by atomic mass is 10.2. The van der Waals surface area contributed by atoms with Crippen molar-refractivity contribution in [2.45, 2.75) is 32.9 Å². The van der Waals surface area contributed by atoms with Crippen molar-refractivity contribution in [3.63, 3.8) is 0 Å². The van der Waals surface area contributed by atoms with Crippen molar-refractivity contribution in [1.29, 1.82) is 0 Å². The van der Waals surface area contributed by atoms with Gasteiger partial charge in [-0.25, -0.2) is 0 Å². The van der Waals surface area contributed by atoms with Crippen LogP contribution in [0, 0.1) is 12.3 Å². The van der Waals surface area contributed by atoms with Gasteiger partial charge in [0.25, 0.3) is 0 Å². The molecule has 0 aliphatic rings. The van der Waals surface area contributed by atoms with Gasteiger partial charge in [-0.1, -0.05) is 0 Å². The molecule has 1 aromatic carbocycles. The molecule has 4 heteroatoms. The third kappa shape index (κ3) is 4.64. The van der Waals surface area contributed by atoms with Gasteiger partial charge in [-0.15, -0.1) is 12.3 Å². The van der Waals surface area contributed by atoms with Gasteiger partial charge in [-0.2, -0.15) is 0 Å². The highest BCUT2D eigenvalue weighted by molar-refractivity contribution is 9.11. The fraction of sp³-hybridized carbons (Fsp3) is 0.429. The zero-order valence-electron chi connectivity index (χ0n) is 10.6. The smallest absolute Gasteiger partial charge is 0.147 e. The lowest BCUT2D eigenvalue weighted by Crippen LogP contribution is -2.24. The Morgan fingerprint density at radius 3 is 2.50 bits per heavy atom. The van der Waals surface area contributed by atoms with E-state index in [-0.39, 0.29) is 0 Å². The third-order valence-corrected chi connectivity index (χ3v) is 3.60. The Morgan fingerprint density at radius 2 is 2.00 bits per heavy atom.